The first-order valence-electron chi connectivity index (χ1n) is 17.4. The van der Waals surface area contributed by atoms with E-state index in [1.165, 1.54) is 25.7 Å². The molecule has 0 unspecified atom stereocenters. The number of hydrogen-bond acceptors (Lipinski definition) is 3. The van der Waals surface area contributed by atoms with Gasteiger partial charge < -0.3 is 4.42 Å². The van der Waals surface area contributed by atoms with Crippen molar-refractivity contribution >= 4 is 53.4 Å². The van der Waals surface area contributed by atoms with Crippen LogP contribution in [0.5, 0.6) is 0 Å². The molecule has 0 atom stereocenters. The van der Waals surface area contributed by atoms with Gasteiger partial charge in [-0.2, -0.15) is 5.26 Å². The lowest BCUT2D eigenvalue weighted by Crippen LogP contribution is -1.94. The molecule has 0 aliphatic carbocycles. The van der Waals surface area contributed by atoms with Gasteiger partial charge in [-0.25, -0.2) is 0 Å². The largest absolute Gasteiger partial charge is 0.455 e. The quantitative estimate of drug-likeness (QED) is 0.182. The smallest absolute Gasteiger partial charge is 0.143 e. The maximum absolute atomic E-state index is 10.2. The van der Waals surface area contributed by atoms with E-state index < -0.39 is 0 Å². The first-order chi connectivity index (χ1) is 25.7. The number of rotatable bonds is 5. The third-order valence-electron chi connectivity index (χ3n) is 10.1. The Bertz CT molecular complexity index is 3030. The van der Waals surface area contributed by atoms with E-state index in [4.69, 9.17) is 4.42 Å². The predicted octanol–water partition coefficient (Wildman–Crippen LogP) is 14.2. The second-order valence-electron chi connectivity index (χ2n) is 13.1. The number of nitrogens with zero attached hydrogens (tertiary/aromatic N) is 1. The van der Waals surface area contributed by atoms with Gasteiger partial charge in [0.05, 0.1) is 11.6 Å². The third-order valence-corrected chi connectivity index (χ3v) is 11.3. The summed E-state index contributed by atoms with van der Waals surface area (Å²) in [5.74, 6) is 0. The molecule has 3 heteroatoms. The zero-order valence-electron chi connectivity index (χ0n) is 28.0. The van der Waals surface area contributed by atoms with Crippen molar-refractivity contribution in [1.29, 1.82) is 5.26 Å². The van der Waals surface area contributed by atoms with Crippen LogP contribution in [-0.2, 0) is 0 Å². The van der Waals surface area contributed by atoms with Crippen LogP contribution in [0.25, 0.3) is 97.7 Å². The van der Waals surface area contributed by atoms with Crippen LogP contribution >= 0.6 is 11.3 Å². The van der Waals surface area contributed by atoms with Gasteiger partial charge in [-0.05, 0) is 92.5 Å². The second-order valence-corrected chi connectivity index (χ2v) is 14.2. The van der Waals surface area contributed by atoms with E-state index in [9.17, 15) is 5.26 Å². The summed E-state index contributed by atoms with van der Waals surface area (Å²) in [4.78, 5) is 0. The molecule has 8 aromatic carbocycles. The zero-order chi connectivity index (χ0) is 34.6. The van der Waals surface area contributed by atoms with Crippen LogP contribution in [0.2, 0.25) is 0 Å². The van der Waals surface area contributed by atoms with Crippen LogP contribution in [0, 0.1) is 11.3 Å². The lowest BCUT2D eigenvalue weighted by atomic mass is 9.83. The van der Waals surface area contributed by atoms with Gasteiger partial charge >= 0.3 is 0 Å². The normalized spacial score (nSPS) is 11.4. The molecule has 2 nitrogen and oxygen atoms in total. The summed E-state index contributed by atoms with van der Waals surface area (Å²) in [6.45, 7) is 0. The highest BCUT2D eigenvalue weighted by Gasteiger charge is 2.22. The summed E-state index contributed by atoms with van der Waals surface area (Å²) in [6, 6.07) is 64.4. The minimum atomic E-state index is 0.647. The van der Waals surface area contributed by atoms with Crippen LogP contribution in [-0.4, -0.2) is 0 Å². The van der Waals surface area contributed by atoms with E-state index in [0.717, 1.165) is 72.0 Å². The Morgan fingerprint density at radius 3 is 1.90 bits per heavy atom. The van der Waals surface area contributed by atoms with Crippen molar-refractivity contribution in [2.75, 3.05) is 0 Å². The van der Waals surface area contributed by atoms with Gasteiger partial charge in [0.15, 0.2) is 0 Å². The van der Waals surface area contributed by atoms with Crippen molar-refractivity contribution in [3.05, 3.63) is 181 Å². The van der Waals surface area contributed by atoms with Crippen molar-refractivity contribution in [1.82, 2.24) is 0 Å². The molecule has 0 bridgehead atoms. The molecule has 0 spiro atoms. The minimum Gasteiger partial charge on any atom is -0.455 e. The molecular weight excluding hydrogens is 651 g/mol. The summed E-state index contributed by atoms with van der Waals surface area (Å²) < 4.78 is 9.21. The van der Waals surface area contributed by atoms with E-state index in [1.807, 2.05) is 53.8 Å². The molecule has 0 saturated heterocycles. The number of furan rings is 1. The Morgan fingerprint density at radius 2 is 1.02 bits per heavy atom. The highest BCUT2D eigenvalue weighted by Crippen LogP contribution is 2.48. The van der Waals surface area contributed by atoms with Crippen LogP contribution in [0.1, 0.15) is 5.56 Å². The Labute approximate surface area is 305 Å². The second kappa shape index (κ2) is 12.2. The van der Waals surface area contributed by atoms with Gasteiger partial charge in [-0.3, -0.25) is 0 Å². The van der Waals surface area contributed by atoms with Crippen molar-refractivity contribution in [3.63, 3.8) is 0 Å². The average Bonchev–Trinajstić information content (AvgIpc) is 3.79. The molecular formula is C49H29NOS. The topological polar surface area (TPSA) is 36.9 Å². The Kier molecular flexibility index (Phi) is 7.09. The lowest BCUT2D eigenvalue weighted by molar-refractivity contribution is 0.670. The van der Waals surface area contributed by atoms with Gasteiger partial charge in [0, 0.05) is 36.5 Å². The van der Waals surface area contributed by atoms with E-state index in [0.29, 0.717) is 5.56 Å². The van der Waals surface area contributed by atoms with Crippen LogP contribution in [0.3, 0.4) is 0 Å². The molecule has 52 heavy (non-hydrogen) atoms. The monoisotopic (exact) mass is 679 g/mol. The summed E-state index contributed by atoms with van der Waals surface area (Å²) >= 11 is 1.83. The zero-order valence-corrected chi connectivity index (χ0v) is 28.8. The molecule has 0 radical (unpaired) electrons. The van der Waals surface area contributed by atoms with Gasteiger partial charge in [-0.1, -0.05) is 133 Å². The Balaban J connectivity index is 1.35. The molecule has 0 aliphatic rings. The van der Waals surface area contributed by atoms with Crippen molar-refractivity contribution in [2.45, 2.75) is 0 Å². The van der Waals surface area contributed by atoms with Gasteiger partial charge in [-0.15, -0.1) is 11.3 Å². The molecule has 0 amide bonds. The molecule has 0 N–H and O–H groups in total. The standard InChI is InChI=1S/C49H29NOS/c50-30-32-15-4-5-16-36(32)34-27-33(31-13-2-1-3-14-31)28-35(29-34)47-38(39-21-12-26-46-48(39)43-18-7-9-25-45(43)52-46)19-10-20-40(47)42-23-11-22-41-37-17-6-8-24-44(37)51-49(41)42/h1-29H. The van der Waals surface area contributed by atoms with Crippen molar-refractivity contribution in [2.24, 2.45) is 0 Å². The molecule has 10 aromatic rings. The van der Waals surface area contributed by atoms with Crippen LogP contribution in [0.4, 0.5) is 0 Å². The summed E-state index contributed by atoms with van der Waals surface area (Å²) in [5.41, 5.74) is 13.1. The highest BCUT2D eigenvalue weighted by molar-refractivity contribution is 7.25. The SMILES string of the molecule is N#Cc1ccccc1-c1cc(-c2ccccc2)cc(-c2c(-c3cccc4c3oc3ccccc34)cccc2-c2cccc3sc4ccccc4c23)c1. The highest BCUT2D eigenvalue weighted by atomic mass is 32.1. The van der Waals surface area contributed by atoms with Gasteiger partial charge in [0.1, 0.15) is 11.2 Å². The minimum absolute atomic E-state index is 0.647. The Morgan fingerprint density at radius 1 is 0.423 bits per heavy atom. The molecule has 2 aromatic heterocycles. The van der Waals surface area contributed by atoms with Gasteiger partial charge in [0.2, 0.25) is 0 Å². The van der Waals surface area contributed by atoms with Crippen LogP contribution in [0.15, 0.2) is 180 Å². The van der Waals surface area contributed by atoms with Crippen molar-refractivity contribution in [3.8, 4) is 61.7 Å². The molecule has 0 aliphatic heterocycles. The number of para-hydroxylation sites is 2. The van der Waals surface area contributed by atoms with Crippen LogP contribution < -0.4 is 0 Å². The van der Waals surface area contributed by atoms with E-state index in [-0.39, 0.29) is 0 Å². The first-order valence-corrected chi connectivity index (χ1v) is 18.2. The summed E-state index contributed by atoms with van der Waals surface area (Å²) in [6.07, 6.45) is 0. The van der Waals surface area contributed by atoms with Crippen molar-refractivity contribution < 1.29 is 4.42 Å². The third kappa shape index (κ3) is 4.85. The number of fused-ring (bicyclic) bond motifs is 6. The molecule has 0 saturated carbocycles. The fourth-order valence-corrected chi connectivity index (χ4v) is 8.96. The fraction of sp³-hybridized carbons (Fsp3) is 0. The van der Waals surface area contributed by atoms with E-state index in [1.54, 1.807) is 0 Å². The number of benzene rings is 8. The molecule has 0 fully saturated rings. The van der Waals surface area contributed by atoms with E-state index >= 15 is 0 Å². The summed E-state index contributed by atoms with van der Waals surface area (Å²) in [7, 11) is 0. The average molecular weight is 680 g/mol. The number of nitriles is 1. The first kappa shape index (κ1) is 30.1. The molecule has 10 rings (SSSR count). The number of hydrogen-bond donors (Lipinski definition) is 0. The Hall–Kier alpha value is -6.73. The maximum Gasteiger partial charge on any atom is 0.143 e. The summed E-state index contributed by atoms with van der Waals surface area (Å²) in [5, 5.41) is 14.9. The lowest BCUT2D eigenvalue weighted by Gasteiger charge is -2.19. The van der Waals surface area contributed by atoms with E-state index in [2.05, 4.69) is 140 Å². The number of thiophene rings is 1. The fourth-order valence-electron chi connectivity index (χ4n) is 7.83. The maximum atomic E-state index is 10.2. The predicted molar refractivity (Wildman–Crippen MR) is 219 cm³/mol. The van der Waals surface area contributed by atoms with Gasteiger partial charge in [0.25, 0.3) is 0 Å². The molecule has 2 heterocycles. The molecule has 242 valence electrons.